The van der Waals surface area contributed by atoms with Gasteiger partial charge in [0.1, 0.15) is 11.5 Å². The van der Waals surface area contributed by atoms with E-state index in [-0.39, 0.29) is 11.8 Å². The van der Waals surface area contributed by atoms with Crippen LogP contribution in [0.3, 0.4) is 0 Å². The Kier molecular flexibility index (Phi) is 4.24. The van der Waals surface area contributed by atoms with Crippen molar-refractivity contribution in [3.05, 3.63) is 78.9 Å². The number of benzene rings is 2. The van der Waals surface area contributed by atoms with Gasteiger partial charge in [-0.3, -0.25) is 4.40 Å². The molecular formula is C23H19FN4O. The summed E-state index contributed by atoms with van der Waals surface area (Å²) in [7, 11) is 0. The number of rotatable bonds is 4. The van der Waals surface area contributed by atoms with Crippen LogP contribution < -0.4 is 10.6 Å². The van der Waals surface area contributed by atoms with Gasteiger partial charge in [0.15, 0.2) is 0 Å². The summed E-state index contributed by atoms with van der Waals surface area (Å²) in [4.78, 5) is 16.5. The van der Waals surface area contributed by atoms with Crippen LogP contribution in [0.5, 0.6) is 0 Å². The van der Waals surface area contributed by atoms with Crippen molar-refractivity contribution in [2.45, 2.75) is 18.9 Å². The van der Waals surface area contributed by atoms with E-state index in [0.717, 1.165) is 46.6 Å². The first-order valence-electron chi connectivity index (χ1n) is 9.57. The number of amides is 2. The monoisotopic (exact) mass is 386 g/mol. The van der Waals surface area contributed by atoms with Crippen LogP contribution >= 0.6 is 0 Å². The maximum Gasteiger partial charge on any atom is 0.319 e. The molecule has 0 radical (unpaired) electrons. The zero-order valence-corrected chi connectivity index (χ0v) is 15.6. The predicted octanol–water partition coefficient (Wildman–Crippen LogP) is 5.09. The Morgan fingerprint density at radius 2 is 1.83 bits per heavy atom. The summed E-state index contributed by atoms with van der Waals surface area (Å²) in [6.45, 7) is 0. The van der Waals surface area contributed by atoms with Gasteiger partial charge in [0.2, 0.25) is 0 Å². The van der Waals surface area contributed by atoms with Gasteiger partial charge in [-0.2, -0.15) is 0 Å². The number of nitrogens with one attached hydrogen (secondary N) is 2. The first-order chi connectivity index (χ1) is 14.2. The van der Waals surface area contributed by atoms with Gasteiger partial charge in [-0.15, -0.1) is 0 Å². The van der Waals surface area contributed by atoms with Gasteiger partial charge in [-0.25, -0.2) is 14.2 Å². The highest BCUT2D eigenvalue weighted by molar-refractivity contribution is 5.90. The van der Waals surface area contributed by atoms with E-state index in [1.54, 1.807) is 12.1 Å². The summed E-state index contributed by atoms with van der Waals surface area (Å²) in [6.07, 6.45) is 5.87. The molecule has 5 nitrogen and oxygen atoms in total. The normalized spacial score (nSPS) is 13.4. The molecule has 1 aliphatic carbocycles. The molecule has 2 amide bonds. The zero-order chi connectivity index (χ0) is 19.8. The standard InChI is InChI=1S/C23H19FN4O/c24-18-6-4-15(5-7-18)16-10-11-28-21(14-25-22(28)13-16)17-2-1-3-20(12-17)27-23(29)26-19-8-9-19/h1-7,10-14,19H,8-9H2,(H2,26,27,29). The lowest BCUT2D eigenvalue weighted by Crippen LogP contribution is -2.30. The number of anilines is 1. The van der Waals surface area contributed by atoms with Crippen LogP contribution in [0.1, 0.15) is 12.8 Å². The van der Waals surface area contributed by atoms with E-state index in [1.807, 2.05) is 53.2 Å². The van der Waals surface area contributed by atoms with Crippen LogP contribution in [-0.4, -0.2) is 21.5 Å². The lowest BCUT2D eigenvalue weighted by molar-refractivity contribution is 0.251. The number of fused-ring (bicyclic) bond motifs is 1. The third-order valence-corrected chi connectivity index (χ3v) is 5.02. The summed E-state index contributed by atoms with van der Waals surface area (Å²) < 4.78 is 15.2. The Bertz CT molecular complexity index is 1200. The van der Waals surface area contributed by atoms with E-state index in [1.165, 1.54) is 12.1 Å². The lowest BCUT2D eigenvalue weighted by Gasteiger charge is -2.09. The average Bonchev–Trinajstić information content (AvgIpc) is 3.43. The smallest absolute Gasteiger partial charge is 0.319 e. The number of pyridine rings is 1. The number of halogens is 1. The van der Waals surface area contributed by atoms with Gasteiger partial charge < -0.3 is 10.6 Å². The molecule has 144 valence electrons. The molecular weight excluding hydrogens is 367 g/mol. The number of aromatic nitrogens is 2. The van der Waals surface area contributed by atoms with Crippen molar-refractivity contribution in [3.8, 4) is 22.4 Å². The van der Waals surface area contributed by atoms with E-state index >= 15 is 0 Å². The SMILES string of the molecule is O=C(Nc1cccc(-c2cnc3cc(-c4ccc(F)cc4)ccn23)c1)NC1CC1. The third kappa shape index (κ3) is 3.69. The fraction of sp³-hybridized carbons (Fsp3) is 0.130. The van der Waals surface area contributed by atoms with Gasteiger partial charge in [-0.1, -0.05) is 24.3 Å². The summed E-state index contributed by atoms with van der Waals surface area (Å²) in [5.74, 6) is -0.253. The van der Waals surface area contributed by atoms with Crippen LogP contribution in [0.2, 0.25) is 0 Å². The third-order valence-electron chi connectivity index (χ3n) is 5.02. The minimum absolute atomic E-state index is 0.174. The molecule has 2 heterocycles. The van der Waals surface area contributed by atoms with Crippen LogP contribution in [-0.2, 0) is 0 Å². The molecule has 0 aliphatic heterocycles. The molecule has 6 heteroatoms. The van der Waals surface area contributed by atoms with Crippen molar-refractivity contribution in [1.29, 1.82) is 0 Å². The summed E-state index contributed by atoms with van der Waals surface area (Å²) >= 11 is 0. The molecule has 1 aliphatic rings. The minimum atomic E-state index is -0.253. The summed E-state index contributed by atoms with van der Waals surface area (Å²) in [6, 6.07) is 18.2. The van der Waals surface area contributed by atoms with E-state index in [9.17, 15) is 9.18 Å². The lowest BCUT2D eigenvalue weighted by atomic mass is 10.1. The molecule has 2 aromatic carbocycles. The molecule has 0 saturated heterocycles. The first-order valence-corrected chi connectivity index (χ1v) is 9.57. The van der Waals surface area contributed by atoms with Crippen molar-refractivity contribution in [1.82, 2.24) is 14.7 Å². The topological polar surface area (TPSA) is 58.4 Å². The molecule has 2 N–H and O–H groups in total. The molecule has 0 unspecified atom stereocenters. The van der Waals surface area contributed by atoms with Gasteiger partial charge >= 0.3 is 6.03 Å². The highest BCUT2D eigenvalue weighted by Crippen LogP contribution is 2.27. The van der Waals surface area contributed by atoms with Gasteiger partial charge in [0.05, 0.1) is 11.9 Å². The maximum atomic E-state index is 13.2. The summed E-state index contributed by atoms with van der Waals surface area (Å²) in [5, 5.41) is 5.81. The Hall–Kier alpha value is -3.67. The summed E-state index contributed by atoms with van der Waals surface area (Å²) in [5.41, 5.74) is 5.33. The van der Waals surface area contributed by atoms with Crippen molar-refractivity contribution in [2.75, 3.05) is 5.32 Å². The second-order valence-corrected chi connectivity index (χ2v) is 7.25. The molecule has 2 aromatic heterocycles. The Morgan fingerprint density at radius 3 is 2.62 bits per heavy atom. The number of carbonyl (C=O) groups is 1. The fourth-order valence-corrected chi connectivity index (χ4v) is 3.35. The highest BCUT2D eigenvalue weighted by atomic mass is 19.1. The van der Waals surface area contributed by atoms with Gasteiger partial charge in [0.25, 0.3) is 0 Å². The Morgan fingerprint density at radius 1 is 1.00 bits per heavy atom. The van der Waals surface area contributed by atoms with Crippen molar-refractivity contribution in [3.63, 3.8) is 0 Å². The molecule has 29 heavy (non-hydrogen) atoms. The molecule has 1 saturated carbocycles. The van der Waals surface area contributed by atoms with Crippen molar-refractivity contribution >= 4 is 17.4 Å². The van der Waals surface area contributed by atoms with E-state index < -0.39 is 0 Å². The van der Waals surface area contributed by atoms with Crippen molar-refractivity contribution < 1.29 is 9.18 Å². The van der Waals surface area contributed by atoms with Gasteiger partial charge in [0, 0.05) is 23.5 Å². The predicted molar refractivity (Wildman–Crippen MR) is 111 cm³/mol. The second kappa shape index (κ2) is 7.05. The van der Waals surface area contributed by atoms with Crippen LogP contribution in [0.4, 0.5) is 14.9 Å². The van der Waals surface area contributed by atoms with Gasteiger partial charge in [-0.05, 0) is 60.4 Å². The maximum absolute atomic E-state index is 13.2. The number of nitrogens with zero attached hydrogens (tertiary/aromatic N) is 2. The zero-order valence-electron chi connectivity index (χ0n) is 15.6. The van der Waals surface area contributed by atoms with Crippen molar-refractivity contribution in [2.24, 2.45) is 0 Å². The number of hydrogen-bond donors (Lipinski definition) is 2. The highest BCUT2D eigenvalue weighted by Gasteiger charge is 2.23. The number of carbonyl (C=O) groups excluding carboxylic acids is 1. The number of urea groups is 1. The second-order valence-electron chi connectivity index (χ2n) is 7.25. The molecule has 0 spiro atoms. The fourth-order valence-electron chi connectivity index (χ4n) is 3.35. The molecule has 1 fully saturated rings. The Balaban J connectivity index is 1.43. The number of hydrogen-bond acceptors (Lipinski definition) is 2. The van der Waals surface area contributed by atoms with Crippen LogP contribution in [0.25, 0.3) is 28.0 Å². The molecule has 0 bridgehead atoms. The van der Waals surface area contributed by atoms with E-state index in [4.69, 9.17) is 0 Å². The largest absolute Gasteiger partial charge is 0.335 e. The van der Waals surface area contributed by atoms with E-state index in [2.05, 4.69) is 15.6 Å². The first kappa shape index (κ1) is 17.4. The quantitative estimate of drug-likeness (QED) is 0.513. The Labute approximate surface area is 167 Å². The van der Waals surface area contributed by atoms with Crippen LogP contribution in [0.15, 0.2) is 73.1 Å². The van der Waals surface area contributed by atoms with E-state index in [0.29, 0.717) is 6.04 Å². The van der Waals surface area contributed by atoms with Crippen LogP contribution in [0, 0.1) is 5.82 Å². The average molecular weight is 386 g/mol. The molecule has 0 atom stereocenters. The minimum Gasteiger partial charge on any atom is -0.335 e. The molecule has 5 rings (SSSR count). The molecule has 4 aromatic rings. The number of imidazole rings is 1.